The van der Waals surface area contributed by atoms with Gasteiger partial charge in [-0.25, -0.2) is 4.98 Å². The predicted molar refractivity (Wildman–Crippen MR) is 123 cm³/mol. The smallest absolute Gasteiger partial charge is 0.226 e. The summed E-state index contributed by atoms with van der Waals surface area (Å²) in [4.78, 5) is 5.06. The summed E-state index contributed by atoms with van der Waals surface area (Å²) in [5.41, 5.74) is 20.2. The molecule has 6 nitrogen and oxygen atoms in total. The van der Waals surface area contributed by atoms with Gasteiger partial charge in [0.1, 0.15) is 0 Å². The number of pyridine rings is 2. The van der Waals surface area contributed by atoms with E-state index in [9.17, 15) is 0 Å². The third-order valence-electron chi connectivity index (χ3n) is 6.44. The number of hydrogen-bond donors (Lipinski definition) is 2. The quantitative estimate of drug-likeness (QED) is 0.459. The Labute approximate surface area is 179 Å². The zero-order chi connectivity index (χ0) is 21.0. The van der Waals surface area contributed by atoms with Crippen LogP contribution in [0, 0.1) is 0 Å². The van der Waals surface area contributed by atoms with Gasteiger partial charge in [0, 0.05) is 16.7 Å². The highest BCUT2D eigenvalue weighted by molar-refractivity contribution is 5.91. The van der Waals surface area contributed by atoms with Crippen molar-refractivity contribution in [2.24, 2.45) is 5.73 Å². The molecular weight excluding hydrogens is 384 g/mol. The monoisotopic (exact) mass is 406 g/mol. The largest absolute Gasteiger partial charge is 0.368 e. The van der Waals surface area contributed by atoms with E-state index in [1.807, 2.05) is 34.7 Å². The lowest BCUT2D eigenvalue weighted by Crippen LogP contribution is -2.43. The summed E-state index contributed by atoms with van der Waals surface area (Å²) in [5.74, 6) is 0.354. The summed E-state index contributed by atoms with van der Waals surface area (Å²) in [6.45, 7) is 0. The number of fused-ring (bicyclic) bond motifs is 3. The van der Waals surface area contributed by atoms with E-state index in [2.05, 4.69) is 52.7 Å². The molecule has 31 heavy (non-hydrogen) atoms. The van der Waals surface area contributed by atoms with Crippen LogP contribution in [0.3, 0.4) is 0 Å². The Bertz CT molecular complexity index is 1420. The van der Waals surface area contributed by atoms with Crippen LogP contribution in [0.25, 0.3) is 39.1 Å². The first-order chi connectivity index (χ1) is 15.1. The molecule has 0 saturated heterocycles. The Hall–Kier alpha value is -3.77. The SMILES string of the molecule is Nc1nnc2ccc3nc(-c4ccc(C5(N)CCC5)cc4)c(-c4ccccc4)cc3n12. The maximum atomic E-state index is 6.52. The normalized spacial score (nSPS) is 15.3. The summed E-state index contributed by atoms with van der Waals surface area (Å²) in [5, 5.41) is 8.17. The van der Waals surface area contributed by atoms with Crippen molar-refractivity contribution in [2.75, 3.05) is 5.73 Å². The molecule has 0 unspecified atom stereocenters. The minimum absolute atomic E-state index is 0.171. The van der Waals surface area contributed by atoms with Crippen molar-refractivity contribution in [3.63, 3.8) is 0 Å². The fraction of sp³-hybridized carbons (Fsp3) is 0.160. The molecule has 0 amide bonds. The van der Waals surface area contributed by atoms with Crippen molar-refractivity contribution in [1.82, 2.24) is 19.6 Å². The van der Waals surface area contributed by atoms with Gasteiger partial charge < -0.3 is 11.5 Å². The average molecular weight is 406 g/mol. The van der Waals surface area contributed by atoms with Crippen molar-refractivity contribution < 1.29 is 0 Å². The molecule has 0 radical (unpaired) electrons. The number of anilines is 1. The molecule has 3 heterocycles. The van der Waals surface area contributed by atoms with Gasteiger partial charge in [0.25, 0.3) is 0 Å². The Balaban J connectivity index is 1.59. The summed E-state index contributed by atoms with van der Waals surface area (Å²) in [7, 11) is 0. The van der Waals surface area contributed by atoms with Crippen LogP contribution in [-0.2, 0) is 5.54 Å². The van der Waals surface area contributed by atoms with E-state index in [4.69, 9.17) is 16.5 Å². The second-order valence-electron chi connectivity index (χ2n) is 8.33. The molecular formula is C25H22N6. The molecule has 0 spiro atoms. The number of nitrogen functional groups attached to an aromatic ring is 1. The van der Waals surface area contributed by atoms with E-state index in [1.54, 1.807) is 0 Å². The molecule has 1 aliphatic carbocycles. The highest BCUT2D eigenvalue weighted by Gasteiger charge is 2.34. The third kappa shape index (κ3) is 2.79. The lowest BCUT2D eigenvalue weighted by Gasteiger charge is -2.38. The standard InChI is InChI=1S/C25H22N6/c26-24-30-29-22-12-11-20-21(31(22)24)15-19(16-5-2-1-3-6-16)23(28-20)17-7-9-18(10-8-17)25(27)13-4-14-25/h1-3,5-12,15H,4,13-14,27H2,(H2,26,30). The molecule has 0 atom stereocenters. The van der Waals surface area contributed by atoms with Crippen molar-refractivity contribution in [1.29, 1.82) is 0 Å². The van der Waals surface area contributed by atoms with Crippen LogP contribution in [0.5, 0.6) is 0 Å². The molecule has 1 fully saturated rings. The Kier molecular flexibility index (Phi) is 3.85. The van der Waals surface area contributed by atoms with Crippen molar-refractivity contribution in [3.8, 4) is 22.4 Å². The van der Waals surface area contributed by atoms with E-state index in [0.29, 0.717) is 11.6 Å². The summed E-state index contributed by atoms with van der Waals surface area (Å²) < 4.78 is 1.84. The van der Waals surface area contributed by atoms with Crippen LogP contribution in [0.2, 0.25) is 0 Å². The second-order valence-corrected chi connectivity index (χ2v) is 8.33. The molecule has 4 N–H and O–H groups in total. The van der Waals surface area contributed by atoms with Gasteiger partial charge in [0.2, 0.25) is 5.95 Å². The van der Waals surface area contributed by atoms with Crippen LogP contribution >= 0.6 is 0 Å². The second kappa shape index (κ2) is 6.62. The summed E-state index contributed by atoms with van der Waals surface area (Å²) in [6, 6.07) is 24.8. The number of nitrogens with zero attached hydrogens (tertiary/aromatic N) is 4. The molecule has 6 heteroatoms. The van der Waals surface area contributed by atoms with Crippen LogP contribution in [0.15, 0.2) is 72.8 Å². The van der Waals surface area contributed by atoms with E-state index in [0.717, 1.165) is 46.3 Å². The average Bonchev–Trinajstić information content (AvgIpc) is 3.18. The lowest BCUT2D eigenvalue weighted by molar-refractivity contribution is 0.253. The molecule has 0 bridgehead atoms. The van der Waals surface area contributed by atoms with Crippen LogP contribution < -0.4 is 11.5 Å². The molecule has 0 aliphatic heterocycles. The van der Waals surface area contributed by atoms with Gasteiger partial charge in [-0.15, -0.1) is 10.2 Å². The zero-order valence-corrected chi connectivity index (χ0v) is 17.0. The number of aromatic nitrogens is 4. The minimum atomic E-state index is -0.171. The maximum Gasteiger partial charge on any atom is 0.226 e. The number of rotatable bonds is 3. The maximum absolute atomic E-state index is 6.52. The highest BCUT2D eigenvalue weighted by atomic mass is 15.3. The first-order valence-corrected chi connectivity index (χ1v) is 10.5. The summed E-state index contributed by atoms with van der Waals surface area (Å²) in [6.07, 6.45) is 3.29. The van der Waals surface area contributed by atoms with Crippen molar-refractivity contribution in [2.45, 2.75) is 24.8 Å². The first kappa shape index (κ1) is 18.0. The number of hydrogen-bond acceptors (Lipinski definition) is 5. The number of benzene rings is 2. The topological polar surface area (TPSA) is 95.1 Å². The van der Waals surface area contributed by atoms with E-state index < -0.39 is 0 Å². The predicted octanol–water partition coefficient (Wildman–Crippen LogP) is 4.53. The molecule has 2 aromatic carbocycles. The summed E-state index contributed by atoms with van der Waals surface area (Å²) >= 11 is 0. The Morgan fingerprint density at radius 2 is 1.61 bits per heavy atom. The van der Waals surface area contributed by atoms with Gasteiger partial charge in [-0.05, 0) is 48.6 Å². The fourth-order valence-corrected chi connectivity index (χ4v) is 4.50. The molecule has 6 rings (SSSR count). The molecule has 1 saturated carbocycles. The van der Waals surface area contributed by atoms with Crippen molar-refractivity contribution >= 4 is 22.6 Å². The first-order valence-electron chi connectivity index (χ1n) is 10.5. The van der Waals surface area contributed by atoms with Gasteiger partial charge in [-0.1, -0.05) is 54.6 Å². The minimum Gasteiger partial charge on any atom is -0.368 e. The van der Waals surface area contributed by atoms with Gasteiger partial charge in [-0.3, -0.25) is 4.40 Å². The van der Waals surface area contributed by atoms with Gasteiger partial charge in [0.05, 0.1) is 16.7 Å². The molecule has 152 valence electrons. The van der Waals surface area contributed by atoms with Crippen LogP contribution in [0.4, 0.5) is 5.95 Å². The van der Waals surface area contributed by atoms with Crippen LogP contribution in [-0.4, -0.2) is 19.6 Å². The third-order valence-corrected chi connectivity index (χ3v) is 6.44. The zero-order valence-electron chi connectivity index (χ0n) is 17.0. The Morgan fingerprint density at radius 3 is 2.32 bits per heavy atom. The number of nitrogens with two attached hydrogens (primary N) is 2. The molecule has 3 aromatic heterocycles. The lowest BCUT2D eigenvalue weighted by atomic mass is 9.72. The van der Waals surface area contributed by atoms with Gasteiger partial charge in [-0.2, -0.15) is 0 Å². The molecule has 1 aliphatic rings. The highest BCUT2D eigenvalue weighted by Crippen LogP contribution is 2.40. The van der Waals surface area contributed by atoms with Gasteiger partial charge >= 0.3 is 0 Å². The van der Waals surface area contributed by atoms with Gasteiger partial charge in [0.15, 0.2) is 5.65 Å². The van der Waals surface area contributed by atoms with E-state index >= 15 is 0 Å². The Morgan fingerprint density at radius 1 is 0.839 bits per heavy atom. The van der Waals surface area contributed by atoms with E-state index in [-0.39, 0.29) is 5.54 Å². The van der Waals surface area contributed by atoms with Crippen molar-refractivity contribution in [3.05, 3.63) is 78.4 Å². The molecule has 5 aromatic rings. The fourth-order valence-electron chi connectivity index (χ4n) is 4.50. The van der Waals surface area contributed by atoms with E-state index in [1.165, 1.54) is 12.0 Å². The van der Waals surface area contributed by atoms with Crippen LogP contribution in [0.1, 0.15) is 24.8 Å².